The molecule has 0 saturated carbocycles. The van der Waals surface area contributed by atoms with Gasteiger partial charge in [-0.15, -0.1) is 11.3 Å². The lowest BCUT2D eigenvalue weighted by Crippen LogP contribution is -2.46. The lowest BCUT2D eigenvalue weighted by atomic mass is 10.2. The van der Waals surface area contributed by atoms with Gasteiger partial charge in [0.25, 0.3) is 0 Å². The number of benzene rings is 1. The van der Waals surface area contributed by atoms with Crippen molar-refractivity contribution in [2.24, 2.45) is 0 Å². The van der Waals surface area contributed by atoms with E-state index in [4.69, 9.17) is 0 Å². The fraction of sp³-hybridized carbons (Fsp3) is 0.312. The number of rotatable bonds is 2. The number of thiazole rings is 1. The van der Waals surface area contributed by atoms with E-state index in [1.807, 2.05) is 11.6 Å². The van der Waals surface area contributed by atoms with E-state index in [9.17, 15) is 4.39 Å². The molecule has 1 aromatic carbocycles. The van der Waals surface area contributed by atoms with Crippen molar-refractivity contribution in [3.05, 3.63) is 47.2 Å². The molecule has 0 unspecified atom stereocenters. The first-order valence-corrected chi connectivity index (χ1v) is 7.81. The molecule has 2 aromatic rings. The van der Waals surface area contributed by atoms with Gasteiger partial charge in [-0.2, -0.15) is 0 Å². The first-order valence-electron chi connectivity index (χ1n) is 6.93. The average molecular weight is 301 g/mol. The lowest BCUT2D eigenvalue weighted by Gasteiger charge is -2.33. The highest BCUT2D eigenvalue weighted by molar-refractivity contribution is 7.13. The summed E-state index contributed by atoms with van der Waals surface area (Å²) in [6, 6.07) is 6.64. The molecule has 0 aliphatic carbocycles. The van der Waals surface area contributed by atoms with Crippen molar-refractivity contribution in [3.63, 3.8) is 0 Å². The molecule has 0 atom stereocenters. The number of anilines is 1. The molecule has 0 spiro atoms. The van der Waals surface area contributed by atoms with Gasteiger partial charge in [0, 0.05) is 37.8 Å². The van der Waals surface area contributed by atoms with E-state index in [2.05, 4.69) is 26.6 Å². The SMILES string of the molecule is Fc1ccccc1C#CCN1CCN(c2nccs2)CC1. The van der Waals surface area contributed by atoms with Crippen LogP contribution in [0.5, 0.6) is 0 Å². The Morgan fingerprint density at radius 3 is 2.71 bits per heavy atom. The van der Waals surface area contributed by atoms with Crippen LogP contribution in [0.3, 0.4) is 0 Å². The van der Waals surface area contributed by atoms with Crippen LogP contribution in [0.4, 0.5) is 9.52 Å². The van der Waals surface area contributed by atoms with Gasteiger partial charge >= 0.3 is 0 Å². The smallest absolute Gasteiger partial charge is 0.185 e. The maximum atomic E-state index is 13.4. The summed E-state index contributed by atoms with van der Waals surface area (Å²) in [6.45, 7) is 4.54. The molecule has 1 fully saturated rings. The van der Waals surface area contributed by atoms with Gasteiger partial charge in [0.05, 0.1) is 12.1 Å². The summed E-state index contributed by atoms with van der Waals surface area (Å²) in [4.78, 5) is 8.92. The van der Waals surface area contributed by atoms with Crippen molar-refractivity contribution in [1.29, 1.82) is 0 Å². The second-order valence-corrected chi connectivity index (χ2v) is 5.73. The van der Waals surface area contributed by atoms with Crippen LogP contribution in [0, 0.1) is 17.7 Å². The van der Waals surface area contributed by atoms with E-state index in [1.54, 1.807) is 29.5 Å². The zero-order valence-corrected chi connectivity index (χ0v) is 12.4. The predicted octanol–water partition coefficient (Wildman–Crippen LogP) is 2.46. The highest BCUT2D eigenvalue weighted by atomic mass is 32.1. The maximum absolute atomic E-state index is 13.4. The molecule has 21 heavy (non-hydrogen) atoms. The van der Waals surface area contributed by atoms with Crippen LogP contribution >= 0.6 is 11.3 Å². The van der Waals surface area contributed by atoms with Crippen LogP contribution in [0.2, 0.25) is 0 Å². The molecule has 3 nitrogen and oxygen atoms in total. The summed E-state index contributed by atoms with van der Waals surface area (Å²) in [5.74, 6) is 5.72. The first kappa shape index (κ1) is 14.1. The van der Waals surface area contributed by atoms with E-state index in [1.165, 1.54) is 6.07 Å². The zero-order chi connectivity index (χ0) is 14.5. The fourth-order valence-corrected chi connectivity index (χ4v) is 2.98. The third kappa shape index (κ3) is 3.60. The Hall–Kier alpha value is -1.90. The lowest BCUT2D eigenvalue weighted by molar-refractivity contribution is 0.288. The monoisotopic (exact) mass is 301 g/mol. The predicted molar refractivity (Wildman–Crippen MR) is 84.0 cm³/mol. The van der Waals surface area contributed by atoms with E-state index >= 15 is 0 Å². The minimum absolute atomic E-state index is 0.251. The minimum atomic E-state index is -0.251. The highest BCUT2D eigenvalue weighted by Crippen LogP contribution is 2.18. The fourth-order valence-electron chi connectivity index (χ4n) is 2.28. The summed E-state index contributed by atoms with van der Waals surface area (Å²) in [7, 11) is 0. The number of hydrogen-bond donors (Lipinski definition) is 0. The molecule has 1 aliphatic rings. The van der Waals surface area contributed by atoms with Crippen LogP contribution in [0.1, 0.15) is 5.56 Å². The molecule has 0 bridgehead atoms. The first-order chi connectivity index (χ1) is 10.3. The number of halogens is 1. The Morgan fingerprint density at radius 2 is 2.00 bits per heavy atom. The van der Waals surface area contributed by atoms with Crippen molar-refractivity contribution in [2.75, 3.05) is 37.6 Å². The number of piperazine rings is 1. The summed E-state index contributed by atoms with van der Waals surface area (Å²) < 4.78 is 13.4. The molecular formula is C16H16FN3S. The molecule has 3 rings (SSSR count). The Labute approximate surface area is 128 Å². The van der Waals surface area contributed by atoms with Gasteiger partial charge in [-0.05, 0) is 12.1 Å². The Morgan fingerprint density at radius 1 is 1.19 bits per heavy atom. The molecule has 0 N–H and O–H groups in total. The largest absolute Gasteiger partial charge is 0.346 e. The van der Waals surface area contributed by atoms with E-state index < -0.39 is 0 Å². The minimum Gasteiger partial charge on any atom is -0.346 e. The molecule has 2 heterocycles. The van der Waals surface area contributed by atoms with Gasteiger partial charge < -0.3 is 4.90 Å². The molecule has 1 aromatic heterocycles. The molecule has 0 radical (unpaired) electrons. The van der Waals surface area contributed by atoms with Crippen molar-refractivity contribution in [2.45, 2.75) is 0 Å². The summed E-state index contributed by atoms with van der Waals surface area (Å²) in [6.07, 6.45) is 1.84. The van der Waals surface area contributed by atoms with Crippen LogP contribution < -0.4 is 4.90 Å². The van der Waals surface area contributed by atoms with Crippen molar-refractivity contribution < 1.29 is 4.39 Å². The van der Waals surface area contributed by atoms with Gasteiger partial charge in [0.15, 0.2) is 5.13 Å². The second-order valence-electron chi connectivity index (χ2n) is 4.86. The summed E-state index contributed by atoms with van der Waals surface area (Å²) in [5.41, 5.74) is 0.471. The highest BCUT2D eigenvalue weighted by Gasteiger charge is 2.17. The van der Waals surface area contributed by atoms with Gasteiger partial charge in [0.1, 0.15) is 5.82 Å². The van der Waals surface area contributed by atoms with Crippen LogP contribution in [-0.4, -0.2) is 42.6 Å². The number of nitrogens with zero attached hydrogens (tertiary/aromatic N) is 3. The van der Waals surface area contributed by atoms with Crippen LogP contribution in [0.15, 0.2) is 35.8 Å². The van der Waals surface area contributed by atoms with Gasteiger partial charge in [0.2, 0.25) is 0 Å². The van der Waals surface area contributed by atoms with E-state index in [0.717, 1.165) is 31.3 Å². The van der Waals surface area contributed by atoms with Crippen LogP contribution in [-0.2, 0) is 0 Å². The second kappa shape index (κ2) is 6.70. The standard InChI is InChI=1S/C16H16FN3S/c17-15-6-2-1-4-14(15)5-3-8-19-9-11-20(12-10-19)16-18-7-13-21-16/h1-2,4,6-7,13H,8-12H2. The van der Waals surface area contributed by atoms with Gasteiger partial charge in [-0.25, -0.2) is 9.37 Å². The zero-order valence-electron chi connectivity index (χ0n) is 11.6. The molecular weight excluding hydrogens is 285 g/mol. The van der Waals surface area contributed by atoms with Crippen molar-refractivity contribution in [1.82, 2.24) is 9.88 Å². The summed E-state index contributed by atoms with van der Waals surface area (Å²) >= 11 is 1.67. The van der Waals surface area contributed by atoms with Gasteiger partial charge in [-0.3, -0.25) is 4.90 Å². The summed E-state index contributed by atoms with van der Waals surface area (Å²) in [5, 5.41) is 3.09. The third-order valence-corrected chi connectivity index (χ3v) is 4.29. The van der Waals surface area contributed by atoms with Crippen molar-refractivity contribution >= 4 is 16.5 Å². The number of aromatic nitrogens is 1. The van der Waals surface area contributed by atoms with Gasteiger partial charge in [-0.1, -0.05) is 24.0 Å². The molecule has 5 heteroatoms. The molecule has 1 saturated heterocycles. The van der Waals surface area contributed by atoms with E-state index in [-0.39, 0.29) is 5.82 Å². The normalized spacial score (nSPS) is 15.6. The maximum Gasteiger partial charge on any atom is 0.185 e. The third-order valence-electron chi connectivity index (χ3n) is 3.46. The Bertz CT molecular complexity index is 637. The topological polar surface area (TPSA) is 19.4 Å². The number of hydrogen-bond acceptors (Lipinski definition) is 4. The average Bonchev–Trinajstić information content (AvgIpc) is 3.04. The van der Waals surface area contributed by atoms with E-state index in [0.29, 0.717) is 12.1 Å². The Balaban J connectivity index is 1.51. The molecule has 0 amide bonds. The molecule has 108 valence electrons. The molecule has 1 aliphatic heterocycles. The Kier molecular flexibility index (Phi) is 4.49. The quantitative estimate of drug-likeness (QED) is 0.794. The van der Waals surface area contributed by atoms with Crippen molar-refractivity contribution in [3.8, 4) is 11.8 Å². The van der Waals surface area contributed by atoms with Crippen LogP contribution in [0.25, 0.3) is 0 Å².